The topological polar surface area (TPSA) is 102 Å². The first-order chi connectivity index (χ1) is 15.3. The molecule has 2 amide bonds. The second-order valence-corrected chi connectivity index (χ2v) is 7.72. The summed E-state index contributed by atoms with van der Waals surface area (Å²) in [4.78, 5) is 50.0. The summed E-state index contributed by atoms with van der Waals surface area (Å²) in [6.07, 6.45) is -0.0415. The normalized spacial score (nSPS) is 15.4. The number of ether oxygens (including phenoxy) is 2. The number of esters is 2. The van der Waals surface area contributed by atoms with Crippen molar-refractivity contribution < 1.29 is 28.7 Å². The number of amides is 2. The maximum Gasteiger partial charge on any atom is 0.338 e. The Morgan fingerprint density at radius 1 is 1.09 bits per heavy atom. The summed E-state index contributed by atoms with van der Waals surface area (Å²) in [5.41, 5.74) is 1.21. The molecule has 2 aromatic carbocycles. The first kappa shape index (κ1) is 23.6. The highest BCUT2D eigenvalue weighted by atomic mass is 35.5. The predicted molar refractivity (Wildman–Crippen MR) is 119 cm³/mol. The number of hydrogen-bond donors (Lipinski definition) is 1. The van der Waals surface area contributed by atoms with Gasteiger partial charge in [0.05, 0.1) is 33.8 Å². The van der Waals surface area contributed by atoms with Crippen LogP contribution in [-0.2, 0) is 23.9 Å². The van der Waals surface area contributed by atoms with Gasteiger partial charge in [-0.15, -0.1) is 0 Å². The molecular formula is C22H20Cl2N2O6. The highest BCUT2D eigenvalue weighted by Gasteiger charge is 2.36. The Morgan fingerprint density at radius 3 is 2.50 bits per heavy atom. The number of rotatable bonds is 7. The van der Waals surface area contributed by atoms with Crippen LogP contribution >= 0.6 is 23.2 Å². The van der Waals surface area contributed by atoms with E-state index in [1.807, 2.05) is 0 Å². The van der Waals surface area contributed by atoms with Crippen LogP contribution in [0.1, 0.15) is 23.7 Å². The van der Waals surface area contributed by atoms with Gasteiger partial charge in [-0.05, 0) is 43.3 Å². The van der Waals surface area contributed by atoms with Gasteiger partial charge in [-0.2, -0.15) is 0 Å². The van der Waals surface area contributed by atoms with Crippen LogP contribution in [0.15, 0.2) is 42.5 Å². The Morgan fingerprint density at radius 2 is 1.81 bits per heavy atom. The molecule has 1 atom stereocenters. The van der Waals surface area contributed by atoms with E-state index in [9.17, 15) is 19.2 Å². The lowest BCUT2D eigenvalue weighted by molar-refractivity contribution is -0.151. The van der Waals surface area contributed by atoms with E-state index in [1.165, 1.54) is 4.90 Å². The molecule has 1 fully saturated rings. The Bertz CT molecular complexity index is 1040. The van der Waals surface area contributed by atoms with E-state index >= 15 is 0 Å². The monoisotopic (exact) mass is 478 g/mol. The highest BCUT2D eigenvalue weighted by Crippen LogP contribution is 2.29. The molecule has 0 unspecified atom stereocenters. The lowest BCUT2D eigenvalue weighted by atomic mass is 10.1. The zero-order chi connectivity index (χ0) is 23.3. The van der Waals surface area contributed by atoms with Crippen LogP contribution in [-0.4, -0.2) is 43.5 Å². The molecule has 8 nitrogen and oxygen atoms in total. The lowest BCUT2D eigenvalue weighted by Crippen LogP contribution is -2.28. The summed E-state index contributed by atoms with van der Waals surface area (Å²) in [5.74, 6) is -2.67. The largest absolute Gasteiger partial charge is 0.462 e. The minimum Gasteiger partial charge on any atom is -0.462 e. The summed E-state index contributed by atoms with van der Waals surface area (Å²) in [5, 5.41) is 2.98. The third kappa shape index (κ3) is 5.57. The molecule has 0 radical (unpaired) electrons. The lowest BCUT2D eigenvalue weighted by Gasteiger charge is -2.17. The van der Waals surface area contributed by atoms with Gasteiger partial charge in [0, 0.05) is 18.7 Å². The van der Waals surface area contributed by atoms with Gasteiger partial charge >= 0.3 is 11.9 Å². The van der Waals surface area contributed by atoms with Crippen molar-refractivity contribution in [2.45, 2.75) is 13.3 Å². The molecule has 1 heterocycles. The van der Waals surface area contributed by atoms with E-state index in [0.717, 1.165) is 0 Å². The molecule has 0 bridgehead atoms. The Balaban J connectivity index is 1.54. The van der Waals surface area contributed by atoms with Crippen LogP contribution in [0.5, 0.6) is 0 Å². The Kier molecular flexibility index (Phi) is 7.71. The third-order valence-electron chi connectivity index (χ3n) is 4.72. The van der Waals surface area contributed by atoms with Crippen molar-refractivity contribution in [2.75, 3.05) is 30.0 Å². The van der Waals surface area contributed by atoms with Gasteiger partial charge in [0.25, 0.3) is 5.91 Å². The number of nitrogens with one attached hydrogen (secondary N) is 1. The van der Waals surface area contributed by atoms with Gasteiger partial charge in [-0.3, -0.25) is 14.4 Å². The number of carbonyl (C=O) groups is 4. The van der Waals surface area contributed by atoms with Crippen molar-refractivity contribution >= 4 is 58.3 Å². The number of hydrogen-bond acceptors (Lipinski definition) is 6. The summed E-state index contributed by atoms with van der Waals surface area (Å²) >= 11 is 11.9. The Hall–Kier alpha value is -3.10. The molecule has 1 aliphatic heterocycles. The van der Waals surface area contributed by atoms with Gasteiger partial charge in [0.15, 0.2) is 6.61 Å². The van der Waals surface area contributed by atoms with E-state index in [1.54, 1.807) is 49.4 Å². The summed E-state index contributed by atoms with van der Waals surface area (Å²) in [6.45, 7) is 1.56. The average Bonchev–Trinajstić information content (AvgIpc) is 3.17. The van der Waals surface area contributed by atoms with Crippen LogP contribution in [0, 0.1) is 5.92 Å². The van der Waals surface area contributed by atoms with E-state index in [4.69, 9.17) is 32.7 Å². The number of halogens is 2. The van der Waals surface area contributed by atoms with Crippen molar-refractivity contribution in [3.63, 3.8) is 0 Å². The fourth-order valence-corrected chi connectivity index (χ4v) is 3.50. The second-order valence-electron chi connectivity index (χ2n) is 6.93. The van der Waals surface area contributed by atoms with Crippen LogP contribution in [0.4, 0.5) is 11.4 Å². The fourth-order valence-electron chi connectivity index (χ4n) is 3.15. The van der Waals surface area contributed by atoms with Gasteiger partial charge < -0.3 is 19.7 Å². The molecule has 1 N–H and O–H groups in total. The summed E-state index contributed by atoms with van der Waals surface area (Å²) < 4.78 is 10.0. The van der Waals surface area contributed by atoms with Gasteiger partial charge in [-0.25, -0.2) is 4.79 Å². The zero-order valence-corrected chi connectivity index (χ0v) is 18.6. The molecular weight excluding hydrogens is 459 g/mol. The molecule has 0 saturated carbocycles. The molecule has 10 heteroatoms. The van der Waals surface area contributed by atoms with Crippen molar-refractivity contribution in [1.29, 1.82) is 0 Å². The quantitative estimate of drug-likeness (QED) is 0.608. The minimum atomic E-state index is -0.713. The van der Waals surface area contributed by atoms with Crippen LogP contribution in [0.3, 0.4) is 0 Å². The molecule has 1 saturated heterocycles. The van der Waals surface area contributed by atoms with Gasteiger partial charge in [0.1, 0.15) is 0 Å². The molecule has 32 heavy (non-hydrogen) atoms. The molecule has 0 aromatic heterocycles. The SMILES string of the molecule is CCOC(=O)c1ccc(N2C[C@@H](C(=O)OCC(=O)Nc3cccc(Cl)c3Cl)CC2=O)cc1. The molecule has 0 spiro atoms. The van der Waals surface area contributed by atoms with Gasteiger partial charge in [-0.1, -0.05) is 29.3 Å². The molecule has 2 aromatic rings. The van der Waals surface area contributed by atoms with Crippen LogP contribution < -0.4 is 10.2 Å². The maximum atomic E-state index is 12.4. The molecule has 3 rings (SSSR count). The smallest absolute Gasteiger partial charge is 0.338 e. The predicted octanol–water partition coefficient (Wildman–Crippen LogP) is 3.70. The van der Waals surface area contributed by atoms with E-state index in [0.29, 0.717) is 16.9 Å². The molecule has 1 aliphatic rings. The minimum absolute atomic E-state index is 0.0415. The fraction of sp³-hybridized carbons (Fsp3) is 0.273. The van der Waals surface area contributed by atoms with Crippen molar-refractivity contribution in [1.82, 2.24) is 0 Å². The number of benzene rings is 2. The number of carbonyl (C=O) groups excluding carboxylic acids is 4. The van der Waals surface area contributed by atoms with Crippen molar-refractivity contribution in [2.24, 2.45) is 5.92 Å². The Labute approximate surface area is 194 Å². The van der Waals surface area contributed by atoms with E-state index in [-0.39, 0.29) is 35.5 Å². The zero-order valence-electron chi connectivity index (χ0n) is 17.1. The van der Waals surface area contributed by atoms with Crippen molar-refractivity contribution in [3.8, 4) is 0 Å². The number of nitrogens with zero attached hydrogens (tertiary/aromatic N) is 1. The highest BCUT2D eigenvalue weighted by molar-refractivity contribution is 6.44. The van der Waals surface area contributed by atoms with Crippen LogP contribution in [0.25, 0.3) is 0 Å². The summed E-state index contributed by atoms with van der Waals surface area (Å²) in [6, 6.07) is 11.1. The van der Waals surface area contributed by atoms with Crippen molar-refractivity contribution in [3.05, 3.63) is 58.1 Å². The van der Waals surface area contributed by atoms with Crippen LogP contribution in [0.2, 0.25) is 10.0 Å². The number of anilines is 2. The summed E-state index contributed by atoms with van der Waals surface area (Å²) in [7, 11) is 0. The van der Waals surface area contributed by atoms with Gasteiger partial charge in [0.2, 0.25) is 5.91 Å². The molecule has 0 aliphatic carbocycles. The third-order valence-corrected chi connectivity index (χ3v) is 5.54. The maximum absolute atomic E-state index is 12.4. The molecule has 168 valence electrons. The standard InChI is InChI=1S/C22H20Cl2N2O6/c1-2-31-21(29)13-6-8-15(9-7-13)26-11-14(10-19(26)28)22(30)32-12-18(27)25-17-5-3-4-16(23)20(17)24/h3-9,14H,2,10-12H2,1H3,(H,25,27)/t14-/m0/s1. The average molecular weight is 479 g/mol. The first-order valence-corrected chi connectivity index (χ1v) is 10.5. The second kappa shape index (κ2) is 10.5. The van der Waals surface area contributed by atoms with E-state index in [2.05, 4.69) is 5.32 Å². The first-order valence-electron chi connectivity index (χ1n) is 9.78. The van der Waals surface area contributed by atoms with E-state index < -0.39 is 30.4 Å².